The zero-order valence-corrected chi connectivity index (χ0v) is 10.2. The van der Waals surface area contributed by atoms with Crippen molar-refractivity contribution in [1.82, 2.24) is 10.2 Å². The van der Waals surface area contributed by atoms with E-state index in [1.807, 2.05) is 6.92 Å². The van der Waals surface area contributed by atoms with Crippen LogP contribution < -0.4 is 5.32 Å². The van der Waals surface area contributed by atoms with E-state index in [4.69, 9.17) is 0 Å². The fourth-order valence-electron chi connectivity index (χ4n) is 2.72. The number of thiol groups is 1. The molecule has 0 aliphatic carbocycles. The molecule has 4 heteroatoms. The monoisotopic (exact) mass is 228 g/mol. The number of hydrogen-bond donors (Lipinski definition) is 2. The van der Waals surface area contributed by atoms with Gasteiger partial charge < -0.3 is 5.32 Å². The molecule has 2 aliphatic heterocycles. The lowest BCUT2D eigenvalue weighted by atomic mass is 9.99. The molecule has 0 aromatic rings. The Hall–Kier alpha value is -0.220. The Morgan fingerprint density at radius 1 is 1.40 bits per heavy atom. The molecule has 15 heavy (non-hydrogen) atoms. The standard InChI is InChI=1S/C11H20N2OS/c1-8(15)11(14)12-9-5-7-13-6-3-2-4-10(9)13/h8-10,15H,2-7H2,1H3,(H,12,14). The van der Waals surface area contributed by atoms with Gasteiger partial charge in [-0.25, -0.2) is 0 Å². The van der Waals surface area contributed by atoms with Crippen LogP contribution in [0.15, 0.2) is 0 Å². The van der Waals surface area contributed by atoms with Crippen molar-refractivity contribution in [2.24, 2.45) is 0 Å². The molecule has 0 aromatic heterocycles. The maximum absolute atomic E-state index is 11.6. The number of carbonyl (C=O) groups excluding carboxylic acids is 1. The highest BCUT2D eigenvalue weighted by Gasteiger charge is 2.36. The van der Waals surface area contributed by atoms with Gasteiger partial charge in [0.25, 0.3) is 0 Å². The van der Waals surface area contributed by atoms with Crippen LogP contribution in [-0.2, 0) is 4.79 Å². The largest absolute Gasteiger partial charge is 0.351 e. The summed E-state index contributed by atoms with van der Waals surface area (Å²) in [7, 11) is 0. The summed E-state index contributed by atoms with van der Waals surface area (Å²) in [6, 6.07) is 0.960. The molecule has 2 saturated heterocycles. The van der Waals surface area contributed by atoms with Crippen LogP contribution in [0.4, 0.5) is 0 Å². The fraction of sp³-hybridized carbons (Fsp3) is 0.909. The minimum Gasteiger partial charge on any atom is -0.351 e. The molecule has 0 saturated carbocycles. The van der Waals surface area contributed by atoms with E-state index in [9.17, 15) is 4.79 Å². The van der Waals surface area contributed by atoms with Gasteiger partial charge in [-0.2, -0.15) is 12.6 Å². The zero-order chi connectivity index (χ0) is 10.8. The molecule has 2 fully saturated rings. The first-order valence-corrected chi connectivity index (χ1v) is 6.42. The van der Waals surface area contributed by atoms with Gasteiger partial charge in [0, 0.05) is 18.6 Å². The Balaban J connectivity index is 1.90. The van der Waals surface area contributed by atoms with Gasteiger partial charge in [-0.1, -0.05) is 6.42 Å². The molecule has 2 rings (SSSR count). The van der Waals surface area contributed by atoms with E-state index in [1.165, 1.54) is 25.8 Å². The highest BCUT2D eigenvalue weighted by Crippen LogP contribution is 2.27. The molecule has 3 unspecified atom stereocenters. The van der Waals surface area contributed by atoms with Crippen LogP contribution in [-0.4, -0.2) is 41.2 Å². The van der Waals surface area contributed by atoms with Crippen molar-refractivity contribution < 1.29 is 4.79 Å². The minimum absolute atomic E-state index is 0.0794. The third-order valence-electron chi connectivity index (χ3n) is 3.56. The van der Waals surface area contributed by atoms with Gasteiger partial charge in [0.05, 0.1) is 5.25 Å². The van der Waals surface area contributed by atoms with E-state index >= 15 is 0 Å². The number of carbonyl (C=O) groups is 1. The quantitative estimate of drug-likeness (QED) is 0.692. The molecule has 2 heterocycles. The number of nitrogens with zero attached hydrogens (tertiary/aromatic N) is 1. The van der Waals surface area contributed by atoms with Gasteiger partial charge in [0.1, 0.15) is 0 Å². The number of piperidine rings is 1. The molecule has 0 spiro atoms. The van der Waals surface area contributed by atoms with Crippen molar-refractivity contribution in [3.05, 3.63) is 0 Å². The summed E-state index contributed by atoms with van der Waals surface area (Å²) >= 11 is 4.16. The molecule has 86 valence electrons. The second-order valence-electron chi connectivity index (χ2n) is 4.68. The van der Waals surface area contributed by atoms with Crippen LogP contribution >= 0.6 is 12.6 Å². The van der Waals surface area contributed by atoms with Gasteiger partial charge >= 0.3 is 0 Å². The molecule has 3 atom stereocenters. The average molecular weight is 228 g/mol. The lowest BCUT2D eigenvalue weighted by Gasteiger charge is -2.32. The molecule has 1 N–H and O–H groups in total. The molecule has 0 radical (unpaired) electrons. The summed E-state index contributed by atoms with van der Waals surface area (Å²) in [5, 5.41) is 2.93. The van der Waals surface area contributed by atoms with Crippen molar-refractivity contribution in [2.75, 3.05) is 13.1 Å². The number of fused-ring (bicyclic) bond motifs is 1. The first-order valence-electron chi connectivity index (χ1n) is 5.91. The maximum Gasteiger partial charge on any atom is 0.232 e. The van der Waals surface area contributed by atoms with Crippen LogP contribution in [0.2, 0.25) is 0 Å². The zero-order valence-electron chi connectivity index (χ0n) is 9.28. The van der Waals surface area contributed by atoms with E-state index in [0.29, 0.717) is 12.1 Å². The van der Waals surface area contributed by atoms with E-state index in [-0.39, 0.29) is 11.2 Å². The second kappa shape index (κ2) is 4.74. The SMILES string of the molecule is CC(S)C(=O)NC1CCN2CCCCC12. The summed E-state index contributed by atoms with van der Waals surface area (Å²) in [4.78, 5) is 14.1. The van der Waals surface area contributed by atoms with Crippen molar-refractivity contribution in [1.29, 1.82) is 0 Å². The third kappa shape index (κ3) is 2.48. The van der Waals surface area contributed by atoms with E-state index in [0.717, 1.165) is 13.0 Å². The molecule has 1 amide bonds. The second-order valence-corrected chi connectivity index (χ2v) is 5.45. The first-order chi connectivity index (χ1) is 7.18. The highest BCUT2D eigenvalue weighted by atomic mass is 32.1. The van der Waals surface area contributed by atoms with Gasteiger partial charge in [-0.15, -0.1) is 0 Å². The predicted molar refractivity (Wildman–Crippen MR) is 64.2 cm³/mol. The van der Waals surface area contributed by atoms with Crippen LogP contribution in [0.3, 0.4) is 0 Å². The smallest absolute Gasteiger partial charge is 0.232 e. The maximum atomic E-state index is 11.6. The molecule has 0 aromatic carbocycles. The fourth-order valence-corrected chi connectivity index (χ4v) is 2.79. The van der Waals surface area contributed by atoms with Crippen molar-refractivity contribution >= 4 is 18.5 Å². The third-order valence-corrected chi connectivity index (χ3v) is 3.80. The van der Waals surface area contributed by atoms with E-state index < -0.39 is 0 Å². The summed E-state index contributed by atoms with van der Waals surface area (Å²) in [5.74, 6) is 0.0794. The van der Waals surface area contributed by atoms with Crippen molar-refractivity contribution in [2.45, 2.75) is 49.9 Å². The number of nitrogens with one attached hydrogen (secondary N) is 1. The molecular formula is C11H20N2OS. The van der Waals surface area contributed by atoms with Crippen LogP contribution in [0, 0.1) is 0 Å². The van der Waals surface area contributed by atoms with Gasteiger partial charge in [-0.05, 0) is 32.7 Å². The Labute approximate surface area is 97.0 Å². The van der Waals surface area contributed by atoms with Crippen molar-refractivity contribution in [3.63, 3.8) is 0 Å². The summed E-state index contributed by atoms with van der Waals surface area (Å²) < 4.78 is 0. The summed E-state index contributed by atoms with van der Waals surface area (Å²) in [6.07, 6.45) is 4.98. The van der Waals surface area contributed by atoms with E-state index in [2.05, 4.69) is 22.8 Å². The van der Waals surface area contributed by atoms with Crippen LogP contribution in [0.5, 0.6) is 0 Å². The summed E-state index contributed by atoms with van der Waals surface area (Å²) in [6.45, 7) is 4.19. The Morgan fingerprint density at radius 2 is 2.20 bits per heavy atom. The summed E-state index contributed by atoms with van der Waals surface area (Å²) in [5.41, 5.74) is 0. The molecule has 3 nitrogen and oxygen atoms in total. The Kier molecular flexibility index (Phi) is 3.57. The van der Waals surface area contributed by atoms with Crippen LogP contribution in [0.25, 0.3) is 0 Å². The van der Waals surface area contributed by atoms with Gasteiger partial charge in [0.2, 0.25) is 5.91 Å². The number of amides is 1. The molecule has 0 bridgehead atoms. The van der Waals surface area contributed by atoms with E-state index in [1.54, 1.807) is 0 Å². The highest BCUT2D eigenvalue weighted by molar-refractivity contribution is 7.81. The predicted octanol–water partition coefficient (Wildman–Crippen LogP) is 1.05. The molecular weight excluding hydrogens is 208 g/mol. The Morgan fingerprint density at radius 3 is 2.93 bits per heavy atom. The normalized spacial score (nSPS) is 33.5. The van der Waals surface area contributed by atoms with Gasteiger partial charge in [-0.3, -0.25) is 9.69 Å². The average Bonchev–Trinajstić information content (AvgIpc) is 2.62. The first kappa shape index (κ1) is 11.3. The van der Waals surface area contributed by atoms with Crippen molar-refractivity contribution in [3.8, 4) is 0 Å². The Bertz CT molecular complexity index is 245. The lowest BCUT2D eigenvalue weighted by molar-refractivity contribution is -0.121. The van der Waals surface area contributed by atoms with Crippen LogP contribution in [0.1, 0.15) is 32.6 Å². The van der Waals surface area contributed by atoms with Gasteiger partial charge in [0.15, 0.2) is 0 Å². The topological polar surface area (TPSA) is 32.3 Å². The lowest BCUT2D eigenvalue weighted by Crippen LogP contribution is -2.48. The number of hydrogen-bond acceptors (Lipinski definition) is 3. The molecule has 2 aliphatic rings. The minimum atomic E-state index is -0.192. The number of rotatable bonds is 2.